The molecule has 4 nitrogen and oxygen atoms in total. The molecule has 0 unspecified atom stereocenters. The Hall–Kier alpha value is -2.50. The van der Waals surface area contributed by atoms with Gasteiger partial charge in [-0.05, 0) is 26.1 Å². The van der Waals surface area contributed by atoms with Crippen molar-refractivity contribution in [1.82, 2.24) is 14.9 Å². The Labute approximate surface area is 150 Å². The van der Waals surface area contributed by atoms with Crippen molar-refractivity contribution in [2.75, 3.05) is 7.05 Å². The Morgan fingerprint density at radius 3 is 2.64 bits per heavy atom. The average molecular weight is 349 g/mol. The molecule has 0 bridgehead atoms. The third-order valence-electron chi connectivity index (χ3n) is 4.33. The predicted molar refractivity (Wildman–Crippen MR) is 101 cm³/mol. The van der Waals surface area contributed by atoms with Crippen LogP contribution in [-0.4, -0.2) is 21.9 Å². The number of fused-ring (bicyclic) bond motifs is 1. The maximum atomic E-state index is 5.92. The first-order chi connectivity index (χ1) is 12.2. The fourth-order valence-electron chi connectivity index (χ4n) is 2.73. The summed E-state index contributed by atoms with van der Waals surface area (Å²) in [7, 11) is 2.07. The van der Waals surface area contributed by atoms with Gasteiger partial charge in [0.2, 0.25) is 5.89 Å². The van der Waals surface area contributed by atoms with E-state index < -0.39 is 0 Å². The van der Waals surface area contributed by atoms with Crippen LogP contribution < -0.4 is 0 Å². The fraction of sp³-hybridized carbons (Fsp3) is 0.200. The molecule has 0 saturated carbocycles. The normalized spacial score (nSPS) is 12.8. The Morgan fingerprint density at radius 2 is 1.84 bits per heavy atom. The van der Waals surface area contributed by atoms with E-state index >= 15 is 0 Å². The number of thiazole rings is 1. The van der Waals surface area contributed by atoms with E-state index in [2.05, 4.69) is 42.1 Å². The molecule has 0 spiro atoms. The van der Waals surface area contributed by atoms with Gasteiger partial charge in [-0.2, -0.15) is 0 Å². The summed E-state index contributed by atoms with van der Waals surface area (Å²) in [5.74, 6) is 1.52. The molecule has 1 atom stereocenters. The topological polar surface area (TPSA) is 42.2 Å². The van der Waals surface area contributed by atoms with Crippen LogP contribution in [0, 0.1) is 0 Å². The largest absolute Gasteiger partial charge is 0.439 e. The summed E-state index contributed by atoms with van der Waals surface area (Å²) in [4.78, 5) is 11.4. The van der Waals surface area contributed by atoms with E-state index in [1.54, 1.807) is 17.5 Å². The minimum absolute atomic E-state index is 0.199. The van der Waals surface area contributed by atoms with E-state index in [-0.39, 0.29) is 6.04 Å². The monoisotopic (exact) mass is 349 g/mol. The lowest BCUT2D eigenvalue weighted by Gasteiger charge is -2.21. The van der Waals surface area contributed by atoms with Gasteiger partial charge in [-0.25, -0.2) is 9.97 Å². The van der Waals surface area contributed by atoms with Gasteiger partial charge in [0, 0.05) is 5.56 Å². The van der Waals surface area contributed by atoms with Gasteiger partial charge >= 0.3 is 0 Å². The molecular formula is C20H19N3OS. The second-order valence-electron chi connectivity index (χ2n) is 6.10. The van der Waals surface area contributed by atoms with E-state index in [1.807, 2.05) is 36.4 Å². The van der Waals surface area contributed by atoms with E-state index in [4.69, 9.17) is 9.40 Å². The lowest BCUT2D eigenvalue weighted by Crippen LogP contribution is -2.21. The van der Waals surface area contributed by atoms with Gasteiger partial charge in [0.1, 0.15) is 5.01 Å². The van der Waals surface area contributed by atoms with Crippen LogP contribution in [0.25, 0.3) is 21.5 Å². The number of nitrogens with zero attached hydrogens (tertiary/aromatic N) is 3. The molecule has 0 aliphatic rings. The minimum atomic E-state index is 0.199. The van der Waals surface area contributed by atoms with Gasteiger partial charge in [0.05, 0.1) is 29.0 Å². The highest BCUT2D eigenvalue weighted by Gasteiger charge is 2.18. The Kier molecular flexibility index (Phi) is 4.34. The zero-order chi connectivity index (χ0) is 17.2. The molecule has 2 aromatic carbocycles. The molecule has 0 fully saturated rings. The lowest BCUT2D eigenvalue weighted by molar-refractivity contribution is 0.228. The van der Waals surface area contributed by atoms with Crippen molar-refractivity contribution in [2.45, 2.75) is 19.5 Å². The molecule has 0 saturated heterocycles. The molecule has 2 heterocycles. The smallest absolute Gasteiger partial charge is 0.209 e. The molecule has 5 heteroatoms. The van der Waals surface area contributed by atoms with Crippen LogP contribution in [0.3, 0.4) is 0 Å². The SMILES string of the molecule is C[C@H](c1nc2ccccc2s1)N(C)Cc1ncc(-c2ccccc2)o1. The van der Waals surface area contributed by atoms with Gasteiger partial charge in [0.25, 0.3) is 0 Å². The quantitative estimate of drug-likeness (QED) is 0.500. The number of benzene rings is 2. The highest BCUT2D eigenvalue weighted by Crippen LogP contribution is 2.29. The highest BCUT2D eigenvalue weighted by atomic mass is 32.1. The molecule has 2 aromatic heterocycles. The van der Waals surface area contributed by atoms with Gasteiger partial charge in [0.15, 0.2) is 5.76 Å². The van der Waals surface area contributed by atoms with E-state index in [0.717, 1.165) is 21.8 Å². The first kappa shape index (κ1) is 16.0. The number of hydrogen-bond donors (Lipinski definition) is 0. The third kappa shape index (κ3) is 3.34. The van der Waals surface area contributed by atoms with Crippen molar-refractivity contribution in [3.8, 4) is 11.3 Å². The van der Waals surface area contributed by atoms with Gasteiger partial charge in [-0.15, -0.1) is 11.3 Å². The van der Waals surface area contributed by atoms with Gasteiger partial charge in [-0.1, -0.05) is 42.5 Å². The van der Waals surface area contributed by atoms with Crippen LogP contribution in [0.5, 0.6) is 0 Å². The minimum Gasteiger partial charge on any atom is -0.439 e. The lowest BCUT2D eigenvalue weighted by atomic mass is 10.2. The first-order valence-electron chi connectivity index (χ1n) is 8.26. The van der Waals surface area contributed by atoms with E-state index in [9.17, 15) is 0 Å². The summed E-state index contributed by atoms with van der Waals surface area (Å²) in [6, 6.07) is 18.5. The average Bonchev–Trinajstić information content (AvgIpc) is 3.28. The summed E-state index contributed by atoms with van der Waals surface area (Å²) < 4.78 is 7.14. The molecular weight excluding hydrogens is 330 g/mol. The molecule has 0 aliphatic carbocycles. The van der Waals surface area contributed by atoms with Crippen LogP contribution in [0.2, 0.25) is 0 Å². The maximum Gasteiger partial charge on any atom is 0.209 e. The molecule has 4 rings (SSSR count). The number of hydrogen-bond acceptors (Lipinski definition) is 5. The third-order valence-corrected chi connectivity index (χ3v) is 5.53. The van der Waals surface area contributed by atoms with E-state index in [0.29, 0.717) is 12.4 Å². The second kappa shape index (κ2) is 6.78. The number of rotatable bonds is 5. The van der Waals surface area contributed by atoms with Crippen LogP contribution in [0.15, 0.2) is 65.2 Å². The fourth-order valence-corrected chi connectivity index (χ4v) is 3.81. The molecule has 0 N–H and O–H groups in total. The zero-order valence-electron chi connectivity index (χ0n) is 14.2. The summed E-state index contributed by atoms with van der Waals surface area (Å²) in [5, 5.41) is 1.11. The Bertz CT molecular complexity index is 944. The van der Waals surface area contributed by atoms with Crippen molar-refractivity contribution in [3.63, 3.8) is 0 Å². The Morgan fingerprint density at radius 1 is 1.08 bits per heavy atom. The van der Waals surface area contributed by atoms with E-state index in [1.165, 1.54) is 4.70 Å². The van der Waals surface area contributed by atoms with Crippen LogP contribution in [0.4, 0.5) is 0 Å². The maximum absolute atomic E-state index is 5.92. The summed E-state index contributed by atoms with van der Waals surface area (Å²) >= 11 is 1.74. The van der Waals surface area contributed by atoms with Crippen molar-refractivity contribution in [3.05, 3.63) is 71.7 Å². The molecule has 25 heavy (non-hydrogen) atoms. The first-order valence-corrected chi connectivity index (χ1v) is 9.08. The molecule has 4 aromatic rings. The number of oxazole rings is 1. The summed E-state index contributed by atoms with van der Waals surface area (Å²) in [5.41, 5.74) is 2.10. The number of para-hydroxylation sites is 1. The summed E-state index contributed by atoms with van der Waals surface area (Å²) in [6.45, 7) is 2.81. The van der Waals surface area contributed by atoms with Crippen LogP contribution in [-0.2, 0) is 6.54 Å². The summed E-state index contributed by atoms with van der Waals surface area (Å²) in [6.07, 6.45) is 1.79. The number of aromatic nitrogens is 2. The molecule has 0 radical (unpaired) electrons. The zero-order valence-corrected chi connectivity index (χ0v) is 15.0. The Balaban J connectivity index is 1.49. The molecule has 0 aliphatic heterocycles. The van der Waals surface area contributed by atoms with Crippen molar-refractivity contribution in [2.24, 2.45) is 0 Å². The van der Waals surface area contributed by atoms with Crippen molar-refractivity contribution >= 4 is 21.6 Å². The standard InChI is InChI=1S/C20H19N3OS/c1-14(20-22-16-10-6-7-11-18(16)25-20)23(2)13-19-21-12-17(24-19)15-8-4-3-5-9-15/h3-12,14H,13H2,1-2H3/t14-/m1/s1. The highest BCUT2D eigenvalue weighted by molar-refractivity contribution is 7.18. The van der Waals surface area contributed by atoms with Crippen LogP contribution >= 0.6 is 11.3 Å². The van der Waals surface area contributed by atoms with Gasteiger partial charge in [-0.3, -0.25) is 4.90 Å². The molecule has 126 valence electrons. The van der Waals surface area contributed by atoms with Crippen molar-refractivity contribution in [1.29, 1.82) is 0 Å². The van der Waals surface area contributed by atoms with Crippen molar-refractivity contribution < 1.29 is 4.42 Å². The van der Waals surface area contributed by atoms with Crippen LogP contribution in [0.1, 0.15) is 23.9 Å². The van der Waals surface area contributed by atoms with Gasteiger partial charge < -0.3 is 4.42 Å². The second-order valence-corrected chi connectivity index (χ2v) is 7.16. The predicted octanol–water partition coefficient (Wildman–Crippen LogP) is 5.14. The molecule has 0 amide bonds.